The van der Waals surface area contributed by atoms with Crippen LogP contribution in [0.2, 0.25) is 0 Å². The van der Waals surface area contributed by atoms with Gasteiger partial charge < -0.3 is 4.90 Å². The number of hydrogen-bond acceptors (Lipinski definition) is 2. The van der Waals surface area contributed by atoms with Gasteiger partial charge in [-0.3, -0.25) is 0 Å². The first-order valence-electron chi connectivity index (χ1n) is 21.9. The molecule has 0 amide bonds. The van der Waals surface area contributed by atoms with Crippen molar-refractivity contribution in [1.29, 1.82) is 0 Å². The number of fused-ring (bicyclic) bond motifs is 14. The quantitative estimate of drug-likeness (QED) is 0.168. The molecule has 3 unspecified atom stereocenters. The third kappa shape index (κ3) is 4.69. The SMILES string of the molecule is CC1(C)c2ccccc2-c2cccc(-c3ccccc3-c3ccc(N(c4ccc5c(c4)C4(CC6CCC4C6)c4ccccc4-5)c4cccc5sc6ccccc6c45)cc3)c21. The van der Waals surface area contributed by atoms with E-state index in [9.17, 15) is 0 Å². The van der Waals surface area contributed by atoms with E-state index >= 15 is 0 Å². The number of thiophene rings is 1. The molecule has 2 bridgehead atoms. The van der Waals surface area contributed by atoms with Crippen LogP contribution in [0.4, 0.5) is 17.1 Å². The first kappa shape index (κ1) is 34.6. The first-order chi connectivity index (χ1) is 29.5. The van der Waals surface area contributed by atoms with Gasteiger partial charge in [-0.1, -0.05) is 154 Å². The van der Waals surface area contributed by atoms with E-state index in [0.717, 1.165) is 5.92 Å². The minimum absolute atomic E-state index is 0.0965. The molecule has 2 saturated carbocycles. The van der Waals surface area contributed by atoms with Crippen molar-refractivity contribution in [2.75, 3.05) is 4.90 Å². The molecule has 4 aliphatic rings. The van der Waals surface area contributed by atoms with Crippen molar-refractivity contribution in [3.63, 3.8) is 0 Å². The van der Waals surface area contributed by atoms with Crippen molar-refractivity contribution in [2.24, 2.45) is 11.8 Å². The molecule has 8 aromatic carbocycles. The summed E-state index contributed by atoms with van der Waals surface area (Å²) in [7, 11) is 0. The van der Waals surface area contributed by atoms with Crippen LogP contribution < -0.4 is 4.90 Å². The van der Waals surface area contributed by atoms with Crippen LogP contribution in [0, 0.1) is 11.8 Å². The van der Waals surface area contributed by atoms with Crippen LogP contribution in [-0.2, 0) is 10.8 Å². The van der Waals surface area contributed by atoms with Crippen molar-refractivity contribution < 1.29 is 0 Å². The lowest BCUT2D eigenvalue weighted by atomic mass is 9.67. The van der Waals surface area contributed by atoms with Gasteiger partial charge in [-0.05, 0) is 140 Å². The van der Waals surface area contributed by atoms with Gasteiger partial charge in [0.1, 0.15) is 0 Å². The van der Waals surface area contributed by atoms with Gasteiger partial charge in [0.2, 0.25) is 0 Å². The van der Waals surface area contributed by atoms with Crippen molar-refractivity contribution in [1.82, 2.24) is 0 Å². The fraction of sp³-hybridized carbons (Fsp3) is 0.172. The highest BCUT2D eigenvalue weighted by Crippen LogP contribution is 2.66. The lowest BCUT2D eigenvalue weighted by Crippen LogP contribution is -2.32. The predicted molar refractivity (Wildman–Crippen MR) is 254 cm³/mol. The van der Waals surface area contributed by atoms with E-state index in [1.165, 1.54) is 119 Å². The second kappa shape index (κ2) is 12.6. The molecule has 9 aromatic rings. The minimum atomic E-state index is -0.0965. The molecule has 1 nitrogen and oxygen atoms in total. The summed E-state index contributed by atoms with van der Waals surface area (Å²) in [5, 5.41) is 2.65. The number of hydrogen-bond donors (Lipinski definition) is 0. The molecule has 60 heavy (non-hydrogen) atoms. The van der Waals surface area contributed by atoms with Gasteiger partial charge in [-0.15, -0.1) is 11.3 Å². The zero-order valence-electron chi connectivity index (χ0n) is 34.1. The Balaban J connectivity index is 0.981. The monoisotopic (exact) mass is 787 g/mol. The molecule has 1 aromatic heterocycles. The fourth-order valence-electron chi connectivity index (χ4n) is 12.7. The molecule has 13 rings (SSSR count). The first-order valence-corrected chi connectivity index (χ1v) is 22.7. The Morgan fingerprint density at radius 2 is 1.12 bits per heavy atom. The maximum absolute atomic E-state index is 2.60. The zero-order valence-corrected chi connectivity index (χ0v) is 34.9. The van der Waals surface area contributed by atoms with Gasteiger partial charge in [0.05, 0.1) is 5.69 Å². The summed E-state index contributed by atoms with van der Waals surface area (Å²) in [6, 6.07) is 66.9. The second-order valence-corrected chi connectivity index (χ2v) is 19.5. The van der Waals surface area contributed by atoms with Gasteiger partial charge in [-0.25, -0.2) is 0 Å². The van der Waals surface area contributed by atoms with E-state index in [0.29, 0.717) is 5.92 Å². The van der Waals surface area contributed by atoms with E-state index in [1.54, 1.807) is 11.1 Å². The van der Waals surface area contributed by atoms with Gasteiger partial charge >= 0.3 is 0 Å². The lowest BCUT2D eigenvalue weighted by molar-refractivity contribution is 0.327. The molecule has 2 heteroatoms. The van der Waals surface area contributed by atoms with Crippen LogP contribution in [0.1, 0.15) is 61.8 Å². The topological polar surface area (TPSA) is 3.24 Å². The maximum Gasteiger partial charge on any atom is 0.0554 e. The predicted octanol–water partition coefficient (Wildman–Crippen LogP) is 16.3. The molecule has 4 aliphatic carbocycles. The fourth-order valence-corrected chi connectivity index (χ4v) is 13.8. The summed E-state index contributed by atoms with van der Waals surface area (Å²) < 4.78 is 2.65. The van der Waals surface area contributed by atoms with E-state index in [4.69, 9.17) is 0 Å². The lowest BCUT2D eigenvalue weighted by Gasteiger charge is -2.37. The third-order valence-corrected chi connectivity index (χ3v) is 16.3. The largest absolute Gasteiger partial charge is 0.310 e. The zero-order chi connectivity index (χ0) is 39.7. The van der Waals surface area contributed by atoms with Crippen molar-refractivity contribution in [3.8, 4) is 44.5 Å². The van der Waals surface area contributed by atoms with E-state index in [1.807, 2.05) is 11.3 Å². The van der Waals surface area contributed by atoms with Crippen LogP contribution in [0.5, 0.6) is 0 Å². The van der Waals surface area contributed by atoms with Gasteiger partial charge in [0, 0.05) is 42.4 Å². The summed E-state index contributed by atoms with van der Waals surface area (Å²) in [5.41, 5.74) is 20.3. The molecule has 1 spiro atoms. The number of anilines is 3. The van der Waals surface area contributed by atoms with E-state index < -0.39 is 0 Å². The Bertz CT molecular complexity index is 3220. The standard InChI is InChI=1S/C58H45NS/c1-57(2)49-20-8-5-16-44(49)47-19-11-18-46(56(47)57)42-14-4-3-13-41(42)37-26-29-39(30-27-37)59(52-22-12-24-54-55(52)48-17-7-10-23-53(48)60-54)40-31-32-45-43-15-6-9-21-50(43)58(51(45)34-40)35-36-25-28-38(58)33-36/h3-24,26-27,29-32,34,36,38H,25,28,33,35H2,1-2H3. The molecule has 2 fully saturated rings. The summed E-state index contributed by atoms with van der Waals surface area (Å²) in [6.45, 7) is 4.78. The van der Waals surface area contributed by atoms with Crippen molar-refractivity contribution in [2.45, 2.75) is 50.4 Å². The molecule has 3 atom stereocenters. The van der Waals surface area contributed by atoms with Crippen LogP contribution in [0.25, 0.3) is 64.7 Å². The highest BCUT2D eigenvalue weighted by Gasteiger charge is 2.56. The highest BCUT2D eigenvalue weighted by molar-refractivity contribution is 7.26. The molecular weight excluding hydrogens is 743 g/mol. The van der Waals surface area contributed by atoms with E-state index in [2.05, 4.69) is 195 Å². The van der Waals surface area contributed by atoms with E-state index in [-0.39, 0.29) is 10.8 Å². The Morgan fingerprint density at radius 3 is 1.90 bits per heavy atom. The number of benzene rings is 8. The minimum Gasteiger partial charge on any atom is -0.310 e. The molecule has 0 N–H and O–H groups in total. The van der Waals surface area contributed by atoms with Crippen LogP contribution in [-0.4, -0.2) is 0 Å². The molecule has 0 aliphatic heterocycles. The van der Waals surface area contributed by atoms with Crippen LogP contribution in [0.15, 0.2) is 176 Å². The average Bonchev–Trinajstić information content (AvgIpc) is 4.11. The molecule has 288 valence electrons. The second-order valence-electron chi connectivity index (χ2n) is 18.4. The Kier molecular flexibility index (Phi) is 7.30. The van der Waals surface area contributed by atoms with Crippen molar-refractivity contribution in [3.05, 3.63) is 198 Å². The Labute approximate surface area is 356 Å². The average molecular weight is 788 g/mol. The Morgan fingerprint density at radius 1 is 0.500 bits per heavy atom. The smallest absolute Gasteiger partial charge is 0.0554 e. The summed E-state index contributed by atoms with van der Waals surface area (Å²) in [5.74, 6) is 1.54. The number of rotatable bonds is 5. The summed E-state index contributed by atoms with van der Waals surface area (Å²) in [4.78, 5) is 2.56. The maximum atomic E-state index is 2.60. The van der Waals surface area contributed by atoms with Crippen molar-refractivity contribution >= 4 is 48.6 Å². The van der Waals surface area contributed by atoms with Crippen LogP contribution >= 0.6 is 11.3 Å². The number of nitrogens with zero attached hydrogens (tertiary/aromatic N) is 1. The van der Waals surface area contributed by atoms with Gasteiger partial charge in [-0.2, -0.15) is 0 Å². The third-order valence-electron chi connectivity index (χ3n) is 15.1. The Hall–Kier alpha value is -6.22. The molecule has 0 saturated heterocycles. The van der Waals surface area contributed by atoms with Crippen LogP contribution in [0.3, 0.4) is 0 Å². The molecule has 0 radical (unpaired) electrons. The summed E-state index contributed by atoms with van der Waals surface area (Å²) in [6.07, 6.45) is 5.36. The summed E-state index contributed by atoms with van der Waals surface area (Å²) >= 11 is 1.90. The van der Waals surface area contributed by atoms with Gasteiger partial charge in [0.25, 0.3) is 0 Å². The van der Waals surface area contributed by atoms with Gasteiger partial charge in [0.15, 0.2) is 0 Å². The molecular formula is C58H45NS. The highest BCUT2D eigenvalue weighted by atomic mass is 32.1. The normalized spacial score (nSPS) is 20.1. The molecule has 1 heterocycles.